The van der Waals surface area contributed by atoms with Gasteiger partial charge in [-0.1, -0.05) is 24.3 Å². The van der Waals surface area contributed by atoms with Gasteiger partial charge < -0.3 is 19.3 Å². The third-order valence-corrected chi connectivity index (χ3v) is 4.36. The van der Waals surface area contributed by atoms with Crippen molar-refractivity contribution in [1.82, 2.24) is 0 Å². The maximum atomic E-state index is 11.8. The largest absolute Gasteiger partial charge is 0.446 e. The topological polar surface area (TPSA) is 106 Å². The van der Waals surface area contributed by atoms with Crippen LogP contribution in [-0.4, -0.2) is 49.8 Å². The van der Waals surface area contributed by atoms with E-state index < -0.39 is 12.2 Å². The zero-order valence-electron chi connectivity index (χ0n) is 18.1. The summed E-state index contributed by atoms with van der Waals surface area (Å²) in [4.78, 5) is 23.6. The number of amides is 2. The number of hydrogen-bond donors (Lipinski definition) is 3. The van der Waals surface area contributed by atoms with Gasteiger partial charge in [0.25, 0.3) is 0 Å². The fourth-order valence-corrected chi connectivity index (χ4v) is 2.82. The molecule has 2 aromatic carbocycles. The lowest BCUT2D eigenvalue weighted by Gasteiger charge is -2.13. The van der Waals surface area contributed by atoms with Crippen molar-refractivity contribution in [2.24, 2.45) is 0 Å². The molecule has 168 valence electrons. The van der Waals surface area contributed by atoms with Gasteiger partial charge in [-0.15, -0.1) is 0 Å². The van der Waals surface area contributed by atoms with Gasteiger partial charge in [0.15, 0.2) is 0 Å². The van der Waals surface area contributed by atoms with E-state index in [0.717, 1.165) is 11.1 Å². The van der Waals surface area contributed by atoms with Gasteiger partial charge in [-0.2, -0.15) is 0 Å². The molecule has 0 bridgehead atoms. The molecule has 0 radical (unpaired) electrons. The lowest BCUT2D eigenvalue weighted by Crippen LogP contribution is -2.23. The van der Waals surface area contributed by atoms with E-state index in [4.69, 9.17) is 19.3 Å². The lowest BCUT2D eigenvalue weighted by atomic mass is 10.0. The molecule has 0 saturated heterocycles. The first-order valence-electron chi connectivity index (χ1n) is 10.1. The third-order valence-electron chi connectivity index (χ3n) is 4.36. The van der Waals surface area contributed by atoms with Crippen molar-refractivity contribution < 1.29 is 28.9 Å². The first-order chi connectivity index (χ1) is 14.9. The Morgan fingerprint density at radius 2 is 1.29 bits per heavy atom. The highest BCUT2D eigenvalue weighted by Crippen LogP contribution is 2.16. The average molecular weight is 431 g/mol. The molecule has 2 unspecified atom stereocenters. The summed E-state index contributed by atoms with van der Waals surface area (Å²) in [6.45, 7) is 3.79. The van der Waals surface area contributed by atoms with Gasteiger partial charge in [0.05, 0.1) is 6.61 Å². The molecule has 0 aliphatic heterocycles. The van der Waals surface area contributed by atoms with Gasteiger partial charge in [-0.3, -0.25) is 10.6 Å². The minimum absolute atomic E-state index is 0.0299. The van der Waals surface area contributed by atoms with Gasteiger partial charge >= 0.3 is 12.2 Å². The smallest absolute Gasteiger partial charge is 0.411 e. The van der Waals surface area contributed by atoms with Crippen LogP contribution in [0.2, 0.25) is 0 Å². The molecule has 2 aromatic rings. The Morgan fingerprint density at radius 1 is 0.839 bits per heavy atom. The molecule has 31 heavy (non-hydrogen) atoms. The Bertz CT molecular complexity index is 753. The third kappa shape index (κ3) is 9.06. The monoisotopic (exact) mass is 430 g/mol. The highest BCUT2D eigenvalue weighted by Gasteiger charge is 2.10. The number of hydrogen-bond acceptors (Lipinski definition) is 6. The summed E-state index contributed by atoms with van der Waals surface area (Å²) in [5.74, 6) is 0. The highest BCUT2D eigenvalue weighted by atomic mass is 16.6. The Labute approximate surface area is 182 Å². The Balaban J connectivity index is 1.83. The number of carbonyl (C=O) groups is 2. The van der Waals surface area contributed by atoms with Gasteiger partial charge in [0, 0.05) is 31.5 Å². The minimum Gasteiger partial charge on any atom is -0.446 e. The number of methoxy groups -OCH3 is 1. The molecule has 0 aliphatic carbocycles. The second-order valence-corrected chi connectivity index (χ2v) is 7.22. The zero-order valence-corrected chi connectivity index (χ0v) is 18.1. The average Bonchev–Trinajstić information content (AvgIpc) is 2.71. The maximum Gasteiger partial charge on any atom is 0.411 e. The number of aliphatic hydroxyl groups excluding tert-OH is 1. The maximum absolute atomic E-state index is 11.8. The van der Waals surface area contributed by atoms with Crippen molar-refractivity contribution in [3.8, 4) is 0 Å². The molecule has 0 heterocycles. The Morgan fingerprint density at radius 3 is 1.71 bits per heavy atom. The molecule has 0 saturated carbocycles. The predicted octanol–water partition coefficient (Wildman–Crippen LogP) is 4.18. The van der Waals surface area contributed by atoms with Crippen LogP contribution in [0.1, 0.15) is 31.4 Å². The second kappa shape index (κ2) is 12.6. The Kier molecular flexibility index (Phi) is 9.80. The normalized spacial score (nSPS) is 12.5. The fourth-order valence-electron chi connectivity index (χ4n) is 2.82. The summed E-state index contributed by atoms with van der Waals surface area (Å²) in [5, 5.41) is 14.2. The SMILES string of the molecule is COCC(C)OC(=O)Nc1ccc(Cc2ccc(NC(=O)OC(C)CCO)cc2)cc1. The van der Waals surface area contributed by atoms with Crippen molar-refractivity contribution in [2.45, 2.75) is 38.9 Å². The molecule has 3 N–H and O–H groups in total. The van der Waals surface area contributed by atoms with Crippen molar-refractivity contribution >= 4 is 23.6 Å². The molecule has 2 amide bonds. The van der Waals surface area contributed by atoms with E-state index in [1.807, 2.05) is 36.4 Å². The van der Waals surface area contributed by atoms with Crippen molar-refractivity contribution in [3.63, 3.8) is 0 Å². The van der Waals surface area contributed by atoms with E-state index in [2.05, 4.69) is 10.6 Å². The molecule has 2 atom stereocenters. The van der Waals surface area contributed by atoms with Gasteiger partial charge in [-0.25, -0.2) is 9.59 Å². The van der Waals surface area contributed by atoms with Crippen LogP contribution in [0.5, 0.6) is 0 Å². The number of carbonyl (C=O) groups excluding carboxylic acids is 2. The van der Waals surface area contributed by atoms with Crippen LogP contribution < -0.4 is 10.6 Å². The van der Waals surface area contributed by atoms with Crippen LogP contribution in [0.4, 0.5) is 21.0 Å². The fraction of sp³-hybridized carbons (Fsp3) is 0.391. The number of ether oxygens (including phenoxy) is 3. The molecular weight excluding hydrogens is 400 g/mol. The van der Waals surface area contributed by atoms with Crippen molar-refractivity contribution in [3.05, 3.63) is 59.7 Å². The lowest BCUT2D eigenvalue weighted by molar-refractivity contribution is 0.0564. The molecule has 0 aromatic heterocycles. The summed E-state index contributed by atoms with van der Waals surface area (Å²) in [7, 11) is 1.55. The van der Waals surface area contributed by atoms with Crippen LogP contribution in [0.25, 0.3) is 0 Å². The van der Waals surface area contributed by atoms with Crippen molar-refractivity contribution in [1.29, 1.82) is 0 Å². The van der Waals surface area contributed by atoms with E-state index in [1.165, 1.54) is 0 Å². The van der Waals surface area contributed by atoms with E-state index in [0.29, 0.717) is 30.8 Å². The molecule has 2 rings (SSSR count). The first-order valence-corrected chi connectivity index (χ1v) is 10.1. The van der Waals surface area contributed by atoms with Crippen LogP contribution in [0.15, 0.2) is 48.5 Å². The van der Waals surface area contributed by atoms with E-state index in [9.17, 15) is 9.59 Å². The summed E-state index contributed by atoms with van der Waals surface area (Å²) in [5.41, 5.74) is 3.42. The van der Waals surface area contributed by atoms with Gasteiger partial charge in [0.2, 0.25) is 0 Å². The van der Waals surface area contributed by atoms with Crippen molar-refractivity contribution in [2.75, 3.05) is 31.0 Å². The molecule has 0 aliphatic rings. The van der Waals surface area contributed by atoms with Crippen LogP contribution >= 0.6 is 0 Å². The second-order valence-electron chi connectivity index (χ2n) is 7.22. The number of nitrogens with one attached hydrogen (secondary N) is 2. The standard InChI is InChI=1S/C23H30N2O6/c1-16(12-13-26)30-22(27)24-20-8-4-18(5-9-20)14-19-6-10-21(11-7-19)25-23(28)31-17(2)15-29-3/h4-11,16-17,26H,12-15H2,1-3H3,(H,24,27)(H,25,28). The van der Waals surface area contributed by atoms with E-state index in [-0.39, 0.29) is 18.8 Å². The molecule has 8 heteroatoms. The molecule has 0 spiro atoms. The van der Waals surface area contributed by atoms with Gasteiger partial charge in [0.1, 0.15) is 12.2 Å². The van der Waals surface area contributed by atoms with Crippen LogP contribution in [-0.2, 0) is 20.6 Å². The Hall–Kier alpha value is -3.10. The molecule has 8 nitrogen and oxygen atoms in total. The number of aliphatic hydroxyl groups is 1. The molecular formula is C23H30N2O6. The van der Waals surface area contributed by atoms with Crippen LogP contribution in [0, 0.1) is 0 Å². The zero-order chi connectivity index (χ0) is 22.6. The number of rotatable bonds is 10. The first kappa shape index (κ1) is 24.2. The summed E-state index contributed by atoms with van der Waals surface area (Å²) in [6.07, 6.45) is -0.649. The van der Waals surface area contributed by atoms with Crippen LogP contribution in [0.3, 0.4) is 0 Å². The summed E-state index contributed by atoms with van der Waals surface area (Å²) >= 11 is 0. The quantitative estimate of drug-likeness (QED) is 0.522. The minimum atomic E-state index is -0.549. The summed E-state index contributed by atoms with van der Waals surface area (Å²) in [6, 6.07) is 15.0. The van der Waals surface area contributed by atoms with E-state index >= 15 is 0 Å². The van der Waals surface area contributed by atoms with Gasteiger partial charge in [-0.05, 0) is 55.7 Å². The number of benzene rings is 2. The predicted molar refractivity (Wildman–Crippen MR) is 118 cm³/mol. The van der Waals surface area contributed by atoms with E-state index in [1.54, 1.807) is 33.1 Å². The summed E-state index contributed by atoms with van der Waals surface area (Å²) < 4.78 is 15.2. The number of anilines is 2. The highest BCUT2D eigenvalue weighted by molar-refractivity contribution is 5.85. The molecule has 0 fully saturated rings.